The van der Waals surface area contributed by atoms with Gasteiger partial charge in [-0.15, -0.1) is 0 Å². The Labute approximate surface area is 143 Å². The van der Waals surface area contributed by atoms with Gasteiger partial charge in [0.25, 0.3) is 5.91 Å². The number of carbonyl (C=O) groups is 1. The van der Waals surface area contributed by atoms with Gasteiger partial charge in [0.05, 0.1) is 22.1 Å². The lowest BCUT2D eigenvalue weighted by atomic mass is 10.4. The van der Waals surface area contributed by atoms with Crippen molar-refractivity contribution in [1.82, 2.24) is 25.0 Å². The zero-order valence-electron chi connectivity index (χ0n) is 12.8. The lowest BCUT2D eigenvalue weighted by Gasteiger charge is -2.04. The number of alkyl halides is 3. The second kappa shape index (κ2) is 7.16. The fourth-order valence-electron chi connectivity index (χ4n) is 1.89. The number of nitrogens with one attached hydrogen (secondary N) is 1. The van der Waals surface area contributed by atoms with Crippen molar-refractivity contribution in [2.45, 2.75) is 33.1 Å². The molecule has 0 atom stereocenters. The van der Waals surface area contributed by atoms with Crippen LogP contribution in [0.3, 0.4) is 0 Å². The molecule has 24 heavy (non-hydrogen) atoms. The topological polar surface area (TPSA) is 77.1 Å². The molecule has 0 saturated carbocycles. The largest absolute Gasteiger partial charge is 0.408 e. The van der Waals surface area contributed by atoms with Crippen molar-refractivity contribution >= 4 is 28.1 Å². The predicted octanol–water partition coefficient (Wildman–Crippen LogP) is 2.17. The van der Waals surface area contributed by atoms with Gasteiger partial charge < -0.3 is 0 Å². The molecule has 7 nitrogen and oxygen atoms in total. The van der Waals surface area contributed by atoms with Gasteiger partial charge in [0.1, 0.15) is 18.8 Å². The van der Waals surface area contributed by atoms with E-state index in [0.29, 0.717) is 0 Å². The minimum atomic E-state index is -4.34. The van der Waals surface area contributed by atoms with E-state index in [-0.39, 0.29) is 12.2 Å². The highest BCUT2D eigenvalue weighted by molar-refractivity contribution is 9.10. The summed E-state index contributed by atoms with van der Waals surface area (Å²) in [7, 11) is 0. The molecular formula is C13H14BrF3N6O. The Kier molecular flexibility index (Phi) is 5.42. The van der Waals surface area contributed by atoms with Gasteiger partial charge >= 0.3 is 6.18 Å². The van der Waals surface area contributed by atoms with Crippen LogP contribution in [0.4, 0.5) is 13.2 Å². The van der Waals surface area contributed by atoms with Gasteiger partial charge in [0.2, 0.25) is 0 Å². The second-order valence-electron chi connectivity index (χ2n) is 4.99. The lowest BCUT2D eigenvalue weighted by molar-refractivity contribution is -0.142. The van der Waals surface area contributed by atoms with Crippen LogP contribution in [0.25, 0.3) is 0 Å². The van der Waals surface area contributed by atoms with E-state index >= 15 is 0 Å². The highest BCUT2D eigenvalue weighted by Gasteiger charge is 2.28. The maximum Gasteiger partial charge on any atom is 0.408 e. The van der Waals surface area contributed by atoms with E-state index < -0.39 is 18.6 Å². The van der Waals surface area contributed by atoms with Crippen molar-refractivity contribution in [1.29, 1.82) is 0 Å². The molecule has 0 aliphatic carbocycles. The third-order valence-electron chi connectivity index (χ3n) is 2.98. The lowest BCUT2D eigenvalue weighted by Crippen LogP contribution is -2.24. The first kappa shape index (κ1) is 18.2. The molecule has 0 bridgehead atoms. The molecule has 11 heteroatoms. The van der Waals surface area contributed by atoms with Gasteiger partial charge in [-0.25, -0.2) is 5.43 Å². The number of hydrogen-bond donors (Lipinski definition) is 1. The van der Waals surface area contributed by atoms with Gasteiger partial charge in [0.15, 0.2) is 0 Å². The Balaban J connectivity index is 1.89. The quantitative estimate of drug-likeness (QED) is 0.610. The molecule has 0 unspecified atom stereocenters. The average Bonchev–Trinajstić information content (AvgIpc) is 2.98. The molecular weight excluding hydrogens is 393 g/mol. The van der Waals surface area contributed by atoms with Crippen LogP contribution in [0.2, 0.25) is 0 Å². The van der Waals surface area contributed by atoms with Crippen LogP contribution in [0, 0.1) is 13.8 Å². The number of carbonyl (C=O) groups excluding carboxylic acids is 1. The maximum absolute atomic E-state index is 12.2. The molecule has 2 aromatic rings. The van der Waals surface area contributed by atoms with Crippen LogP contribution >= 0.6 is 15.9 Å². The maximum atomic E-state index is 12.2. The van der Waals surface area contributed by atoms with E-state index in [4.69, 9.17) is 0 Å². The van der Waals surface area contributed by atoms with Crippen LogP contribution < -0.4 is 5.43 Å². The SMILES string of the molecule is Cc1nn(CC(=O)N/N=C\c2ccn(CC(F)(F)F)n2)c(C)c1Br. The van der Waals surface area contributed by atoms with Gasteiger partial charge in [-0.3, -0.25) is 14.2 Å². The molecule has 0 aliphatic heterocycles. The zero-order valence-corrected chi connectivity index (χ0v) is 14.4. The van der Waals surface area contributed by atoms with Crippen molar-refractivity contribution in [2.24, 2.45) is 5.10 Å². The number of rotatable bonds is 5. The summed E-state index contributed by atoms with van der Waals surface area (Å²) >= 11 is 3.36. The smallest absolute Gasteiger partial charge is 0.271 e. The number of aromatic nitrogens is 4. The Morgan fingerprint density at radius 1 is 1.42 bits per heavy atom. The summed E-state index contributed by atoms with van der Waals surface area (Å²) in [6.45, 7) is 2.41. The summed E-state index contributed by atoms with van der Waals surface area (Å²) in [5, 5.41) is 11.5. The van der Waals surface area contributed by atoms with E-state index in [0.717, 1.165) is 20.5 Å². The molecule has 0 fully saturated rings. The molecule has 1 amide bonds. The summed E-state index contributed by atoms with van der Waals surface area (Å²) in [4.78, 5) is 11.8. The number of hydrogen-bond acceptors (Lipinski definition) is 4. The molecule has 2 heterocycles. The van der Waals surface area contributed by atoms with Gasteiger partial charge in [-0.05, 0) is 35.8 Å². The zero-order chi connectivity index (χ0) is 17.9. The van der Waals surface area contributed by atoms with Crippen molar-refractivity contribution in [3.05, 3.63) is 33.8 Å². The first-order chi connectivity index (χ1) is 11.2. The molecule has 0 aromatic carbocycles. The number of halogens is 4. The summed E-state index contributed by atoms with van der Waals surface area (Å²) in [6.07, 6.45) is -1.99. The second-order valence-corrected chi connectivity index (χ2v) is 5.78. The number of nitrogens with zero attached hydrogens (tertiary/aromatic N) is 5. The van der Waals surface area contributed by atoms with E-state index in [1.165, 1.54) is 23.2 Å². The van der Waals surface area contributed by atoms with Crippen molar-refractivity contribution < 1.29 is 18.0 Å². The third-order valence-corrected chi connectivity index (χ3v) is 4.12. The monoisotopic (exact) mass is 406 g/mol. The number of amides is 1. The highest BCUT2D eigenvalue weighted by Crippen LogP contribution is 2.19. The number of aryl methyl sites for hydroxylation is 1. The molecule has 0 radical (unpaired) electrons. The first-order valence-corrected chi connectivity index (χ1v) is 7.56. The minimum Gasteiger partial charge on any atom is -0.271 e. The van der Waals surface area contributed by atoms with Crippen LogP contribution in [-0.2, 0) is 17.9 Å². The predicted molar refractivity (Wildman–Crippen MR) is 83.4 cm³/mol. The molecule has 0 spiro atoms. The van der Waals surface area contributed by atoms with E-state index in [1.807, 2.05) is 6.92 Å². The Morgan fingerprint density at radius 3 is 2.71 bits per heavy atom. The molecule has 2 rings (SSSR count). The Bertz CT molecular complexity index is 764. The highest BCUT2D eigenvalue weighted by atomic mass is 79.9. The van der Waals surface area contributed by atoms with Gasteiger partial charge in [0, 0.05) is 6.20 Å². The van der Waals surface area contributed by atoms with Crippen molar-refractivity contribution in [3.63, 3.8) is 0 Å². The molecule has 0 aliphatic rings. The molecule has 1 N–H and O–H groups in total. The van der Waals surface area contributed by atoms with Gasteiger partial charge in [-0.2, -0.15) is 28.5 Å². The van der Waals surface area contributed by atoms with E-state index in [1.54, 1.807) is 6.92 Å². The van der Waals surface area contributed by atoms with Gasteiger partial charge in [-0.1, -0.05) is 0 Å². The van der Waals surface area contributed by atoms with Crippen LogP contribution in [0.5, 0.6) is 0 Å². The molecule has 0 saturated heterocycles. The summed E-state index contributed by atoms with van der Waals surface area (Å²) in [5.74, 6) is -0.418. The standard InChI is InChI=1S/C13H14BrF3N6O/c1-8-12(14)9(2)23(20-8)6-11(24)19-18-5-10-3-4-22(21-10)7-13(15,16)17/h3-5H,6-7H2,1-2H3,(H,19,24)/b18-5-. The van der Waals surface area contributed by atoms with Crippen LogP contribution in [0.15, 0.2) is 21.8 Å². The molecule has 2 aromatic heterocycles. The van der Waals surface area contributed by atoms with Crippen LogP contribution in [-0.4, -0.2) is 37.9 Å². The minimum absolute atomic E-state index is 0.0296. The first-order valence-electron chi connectivity index (χ1n) is 6.77. The molecule has 130 valence electrons. The van der Waals surface area contributed by atoms with E-state index in [2.05, 4.69) is 36.7 Å². The Morgan fingerprint density at radius 2 is 2.12 bits per heavy atom. The van der Waals surface area contributed by atoms with E-state index in [9.17, 15) is 18.0 Å². The third kappa shape index (κ3) is 4.91. The van der Waals surface area contributed by atoms with Crippen molar-refractivity contribution in [3.8, 4) is 0 Å². The fourth-order valence-corrected chi connectivity index (χ4v) is 2.17. The number of hydrazone groups is 1. The summed E-state index contributed by atoms with van der Waals surface area (Å²) < 4.78 is 39.7. The Hall–Kier alpha value is -2.17. The normalized spacial score (nSPS) is 12.1. The van der Waals surface area contributed by atoms with Crippen molar-refractivity contribution in [2.75, 3.05) is 0 Å². The summed E-state index contributed by atoms with van der Waals surface area (Å²) in [6, 6.07) is 1.36. The fraction of sp³-hybridized carbons (Fsp3) is 0.385. The van der Waals surface area contributed by atoms with Crippen LogP contribution in [0.1, 0.15) is 17.1 Å². The average molecular weight is 407 g/mol. The summed E-state index contributed by atoms with van der Waals surface area (Å²) in [5.41, 5.74) is 4.04.